The minimum atomic E-state index is -0.445. The topological polar surface area (TPSA) is 102 Å². The van der Waals surface area contributed by atoms with Crippen LogP contribution in [0.3, 0.4) is 0 Å². The average molecular weight is 281 g/mol. The van der Waals surface area contributed by atoms with Crippen LogP contribution in [0.2, 0.25) is 0 Å². The number of methoxy groups -OCH3 is 1. The molecule has 0 spiro atoms. The monoisotopic (exact) mass is 281 g/mol. The van der Waals surface area contributed by atoms with Gasteiger partial charge in [-0.1, -0.05) is 13.8 Å². The van der Waals surface area contributed by atoms with Crippen LogP contribution in [0.25, 0.3) is 0 Å². The van der Waals surface area contributed by atoms with E-state index in [1.54, 1.807) is 7.11 Å². The van der Waals surface area contributed by atoms with E-state index in [-0.39, 0.29) is 17.5 Å². The van der Waals surface area contributed by atoms with E-state index in [1.165, 1.54) is 6.20 Å². The van der Waals surface area contributed by atoms with Gasteiger partial charge in [0.15, 0.2) is 5.69 Å². The Kier molecular flexibility index (Phi) is 5.41. The second-order valence-electron chi connectivity index (χ2n) is 5.44. The normalized spacial score (nSPS) is 11.6. The van der Waals surface area contributed by atoms with Crippen LogP contribution in [0.15, 0.2) is 6.20 Å². The number of hydrogen-bond donors (Lipinski definition) is 3. The third kappa shape index (κ3) is 4.14. The summed E-state index contributed by atoms with van der Waals surface area (Å²) in [5.74, 6) is 5.80. The van der Waals surface area contributed by atoms with Crippen LogP contribution in [0, 0.1) is 0 Å². The van der Waals surface area contributed by atoms with Gasteiger partial charge in [0.1, 0.15) is 5.82 Å². The Balaban J connectivity index is 2.93. The molecule has 1 aromatic heterocycles. The molecule has 0 bridgehead atoms. The van der Waals surface area contributed by atoms with Crippen molar-refractivity contribution in [2.45, 2.75) is 39.2 Å². The van der Waals surface area contributed by atoms with Crippen LogP contribution in [-0.2, 0) is 4.74 Å². The van der Waals surface area contributed by atoms with Gasteiger partial charge in [-0.05, 0) is 13.8 Å². The van der Waals surface area contributed by atoms with Crippen LogP contribution in [-0.4, -0.2) is 35.1 Å². The van der Waals surface area contributed by atoms with Crippen molar-refractivity contribution in [3.8, 4) is 0 Å². The minimum absolute atomic E-state index is 0.129. The predicted molar refractivity (Wildman–Crippen MR) is 77.4 cm³/mol. The fourth-order valence-corrected chi connectivity index (χ4v) is 1.40. The molecule has 0 aliphatic heterocycles. The molecule has 1 rings (SSSR count). The van der Waals surface area contributed by atoms with Gasteiger partial charge in [-0.25, -0.2) is 9.97 Å². The molecule has 0 saturated heterocycles. The average Bonchev–Trinajstić information content (AvgIpc) is 2.44. The van der Waals surface area contributed by atoms with E-state index in [0.29, 0.717) is 18.1 Å². The van der Waals surface area contributed by atoms with E-state index >= 15 is 0 Å². The van der Waals surface area contributed by atoms with E-state index in [9.17, 15) is 4.79 Å². The highest BCUT2D eigenvalue weighted by Gasteiger charge is 2.21. The first-order chi connectivity index (χ1) is 9.30. The quantitative estimate of drug-likeness (QED) is 0.532. The zero-order valence-corrected chi connectivity index (χ0v) is 12.7. The molecule has 0 radical (unpaired) electrons. The van der Waals surface area contributed by atoms with Gasteiger partial charge in [0, 0.05) is 19.6 Å². The predicted octanol–water partition coefficient (Wildman–Crippen LogP) is 1.04. The van der Waals surface area contributed by atoms with Crippen LogP contribution in [0.5, 0.6) is 0 Å². The summed E-state index contributed by atoms with van der Waals surface area (Å²) in [4.78, 5) is 20.6. The highest BCUT2D eigenvalue weighted by Crippen LogP contribution is 2.15. The summed E-state index contributed by atoms with van der Waals surface area (Å²) in [6.45, 7) is 8.05. The van der Waals surface area contributed by atoms with Crippen LogP contribution in [0.1, 0.15) is 49.9 Å². The highest BCUT2D eigenvalue weighted by atomic mass is 16.5. The summed E-state index contributed by atoms with van der Waals surface area (Å²) in [5.41, 5.74) is 2.62. The van der Waals surface area contributed by atoms with Crippen molar-refractivity contribution < 1.29 is 9.53 Å². The molecule has 0 aromatic carbocycles. The van der Waals surface area contributed by atoms with Gasteiger partial charge < -0.3 is 15.5 Å². The molecule has 7 heteroatoms. The highest BCUT2D eigenvalue weighted by molar-refractivity contribution is 5.97. The number of nitrogen functional groups attached to an aromatic ring is 1. The summed E-state index contributed by atoms with van der Waals surface area (Å²) < 4.78 is 5.25. The summed E-state index contributed by atoms with van der Waals surface area (Å²) in [5, 5.41) is 2.78. The number of nitrogens with two attached hydrogens (primary N) is 1. The molecule has 112 valence electrons. The molecule has 0 aliphatic rings. The van der Waals surface area contributed by atoms with E-state index in [0.717, 1.165) is 0 Å². The molecular weight excluding hydrogens is 258 g/mol. The lowest BCUT2D eigenvalue weighted by Gasteiger charge is -2.23. The van der Waals surface area contributed by atoms with Gasteiger partial charge in [-0.2, -0.15) is 0 Å². The van der Waals surface area contributed by atoms with Crippen molar-refractivity contribution in [2.75, 3.05) is 19.1 Å². The van der Waals surface area contributed by atoms with Gasteiger partial charge >= 0.3 is 0 Å². The Hall–Kier alpha value is -1.73. The fraction of sp³-hybridized carbons (Fsp3) is 0.615. The van der Waals surface area contributed by atoms with Gasteiger partial charge in [0.2, 0.25) is 0 Å². The van der Waals surface area contributed by atoms with E-state index in [1.807, 2.05) is 27.7 Å². The van der Waals surface area contributed by atoms with Crippen LogP contribution in [0.4, 0.5) is 5.69 Å². The summed E-state index contributed by atoms with van der Waals surface area (Å²) in [7, 11) is 1.60. The van der Waals surface area contributed by atoms with E-state index < -0.39 is 5.60 Å². The number of amides is 1. The molecule has 0 fully saturated rings. The van der Waals surface area contributed by atoms with Gasteiger partial charge in [0.25, 0.3) is 5.91 Å². The third-order valence-electron chi connectivity index (χ3n) is 2.92. The number of nitrogens with one attached hydrogen (secondary N) is 2. The second kappa shape index (κ2) is 6.62. The molecule has 0 unspecified atom stereocenters. The SMILES string of the molecule is COC(C)(C)CNC(=O)c1nc(C(C)C)ncc1NN. The Morgan fingerprint density at radius 1 is 1.50 bits per heavy atom. The molecular formula is C13H23N5O2. The molecule has 20 heavy (non-hydrogen) atoms. The van der Waals surface area contributed by atoms with Gasteiger partial charge in [0.05, 0.1) is 17.5 Å². The lowest BCUT2D eigenvalue weighted by Crippen LogP contribution is -2.40. The van der Waals surface area contributed by atoms with Crippen LogP contribution < -0.4 is 16.6 Å². The lowest BCUT2D eigenvalue weighted by molar-refractivity contribution is 0.0228. The fourth-order valence-electron chi connectivity index (χ4n) is 1.40. The maximum absolute atomic E-state index is 12.2. The van der Waals surface area contributed by atoms with Gasteiger partial charge in [-0.15, -0.1) is 0 Å². The Bertz CT molecular complexity index is 474. The standard InChI is InChI=1S/C13H23N5O2/c1-8(2)11-15-6-9(18-14)10(17-11)12(19)16-7-13(3,4)20-5/h6,8,18H,7,14H2,1-5H3,(H,16,19). The summed E-state index contributed by atoms with van der Waals surface area (Å²) >= 11 is 0. The molecule has 1 aromatic rings. The molecule has 7 nitrogen and oxygen atoms in total. The number of hydrogen-bond acceptors (Lipinski definition) is 6. The summed E-state index contributed by atoms with van der Waals surface area (Å²) in [6, 6.07) is 0. The number of anilines is 1. The zero-order valence-electron chi connectivity index (χ0n) is 12.7. The number of carbonyl (C=O) groups is 1. The Labute approximate surface area is 119 Å². The Morgan fingerprint density at radius 2 is 2.15 bits per heavy atom. The number of carbonyl (C=O) groups excluding carboxylic acids is 1. The maximum Gasteiger partial charge on any atom is 0.272 e. The van der Waals surface area contributed by atoms with Gasteiger partial charge in [-0.3, -0.25) is 10.6 Å². The number of rotatable bonds is 6. The lowest BCUT2D eigenvalue weighted by atomic mass is 10.1. The minimum Gasteiger partial charge on any atom is -0.377 e. The number of aromatic nitrogens is 2. The first-order valence-electron chi connectivity index (χ1n) is 6.47. The number of hydrazine groups is 1. The first kappa shape index (κ1) is 16.3. The smallest absolute Gasteiger partial charge is 0.272 e. The van der Waals surface area contributed by atoms with Crippen molar-refractivity contribution >= 4 is 11.6 Å². The van der Waals surface area contributed by atoms with Crippen molar-refractivity contribution in [3.63, 3.8) is 0 Å². The van der Waals surface area contributed by atoms with Crippen molar-refractivity contribution in [3.05, 3.63) is 17.7 Å². The van der Waals surface area contributed by atoms with Crippen molar-refractivity contribution in [1.29, 1.82) is 0 Å². The molecule has 0 aliphatic carbocycles. The van der Waals surface area contributed by atoms with Crippen molar-refractivity contribution in [2.24, 2.45) is 5.84 Å². The third-order valence-corrected chi connectivity index (χ3v) is 2.92. The first-order valence-corrected chi connectivity index (χ1v) is 6.47. The maximum atomic E-state index is 12.2. The molecule has 0 atom stereocenters. The van der Waals surface area contributed by atoms with E-state index in [4.69, 9.17) is 10.6 Å². The largest absolute Gasteiger partial charge is 0.377 e. The number of ether oxygens (including phenoxy) is 1. The zero-order chi connectivity index (χ0) is 15.3. The molecule has 1 heterocycles. The Morgan fingerprint density at radius 3 is 2.65 bits per heavy atom. The number of nitrogens with zero attached hydrogens (tertiary/aromatic N) is 2. The van der Waals surface area contributed by atoms with Crippen LogP contribution >= 0.6 is 0 Å². The molecule has 4 N–H and O–H groups in total. The molecule has 1 amide bonds. The van der Waals surface area contributed by atoms with E-state index in [2.05, 4.69) is 20.7 Å². The van der Waals surface area contributed by atoms with Crippen molar-refractivity contribution in [1.82, 2.24) is 15.3 Å². The molecule has 0 saturated carbocycles. The second-order valence-corrected chi connectivity index (χ2v) is 5.44. The summed E-state index contributed by atoms with van der Waals surface area (Å²) in [6.07, 6.45) is 1.51.